The van der Waals surface area contributed by atoms with Gasteiger partial charge in [-0.25, -0.2) is 0 Å². The lowest BCUT2D eigenvalue weighted by Gasteiger charge is -2.22. The third-order valence-corrected chi connectivity index (χ3v) is 5.99. The molecule has 0 bridgehead atoms. The molecule has 1 aromatic carbocycles. The number of hydrogen-bond acceptors (Lipinski definition) is 8. The van der Waals surface area contributed by atoms with Gasteiger partial charge in [-0.3, -0.25) is 14.7 Å². The highest BCUT2D eigenvalue weighted by atomic mass is 16.5. The lowest BCUT2D eigenvalue weighted by molar-refractivity contribution is 0.0937. The first-order valence-corrected chi connectivity index (χ1v) is 11.2. The second-order valence-electron chi connectivity index (χ2n) is 8.11. The molecule has 3 heterocycles. The van der Waals surface area contributed by atoms with Crippen LogP contribution in [0.2, 0.25) is 0 Å². The zero-order valence-corrected chi connectivity index (χ0v) is 19.9. The Bertz CT molecular complexity index is 1130. The Morgan fingerprint density at radius 1 is 1.06 bits per heavy atom. The Hall–Kier alpha value is -3.66. The first-order chi connectivity index (χ1) is 16.5. The summed E-state index contributed by atoms with van der Waals surface area (Å²) in [5.74, 6) is 3.54. The molecule has 180 valence electrons. The maximum atomic E-state index is 12.6. The summed E-state index contributed by atoms with van der Waals surface area (Å²) in [6.07, 6.45) is 3.94. The molecule has 0 radical (unpaired) electrons. The largest absolute Gasteiger partial charge is 0.496 e. The van der Waals surface area contributed by atoms with Crippen molar-refractivity contribution in [3.8, 4) is 17.2 Å². The highest BCUT2D eigenvalue weighted by molar-refractivity contribution is 5.94. The molecule has 0 unspecified atom stereocenters. The van der Waals surface area contributed by atoms with Gasteiger partial charge in [-0.15, -0.1) is 10.2 Å². The number of rotatable bonds is 8. The van der Waals surface area contributed by atoms with Crippen LogP contribution in [-0.2, 0) is 19.5 Å². The van der Waals surface area contributed by atoms with E-state index in [2.05, 4.69) is 30.0 Å². The third-order valence-electron chi connectivity index (χ3n) is 5.99. The highest BCUT2D eigenvalue weighted by Crippen LogP contribution is 2.35. The number of fused-ring (bicyclic) bond motifs is 1. The smallest absolute Gasteiger partial charge is 0.253 e. The van der Waals surface area contributed by atoms with Gasteiger partial charge in [0.05, 0.1) is 32.9 Å². The van der Waals surface area contributed by atoms with E-state index in [1.54, 1.807) is 45.9 Å². The van der Waals surface area contributed by atoms with Crippen LogP contribution in [0.25, 0.3) is 0 Å². The zero-order valence-electron chi connectivity index (χ0n) is 19.9. The van der Waals surface area contributed by atoms with E-state index in [0.717, 1.165) is 49.0 Å². The molecule has 0 spiro atoms. The number of benzene rings is 1. The normalized spacial score (nSPS) is 14.6. The van der Waals surface area contributed by atoms with Crippen molar-refractivity contribution in [1.29, 1.82) is 0 Å². The average molecular weight is 467 g/mol. The molecule has 0 fully saturated rings. The number of amides is 1. The van der Waals surface area contributed by atoms with Gasteiger partial charge in [0.15, 0.2) is 17.3 Å². The number of pyridine rings is 1. The average Bonchev–Trinajstić information content (AvgIpc) is 3.18. The van der Waals surface area contributed by atoms with Crippen LogP contribution in [-0.4, -0.2) is 65.0 Å². The lowest BCUT2D eigenvalue weighted by atomic mass is 10.1. The monoisotopic (exact) mass is 466 g/mol. The van der Waals surface area contributed by atoms with Crippen molar-refractivity contribution in [2.45, 2.75) is 32.5 Å². The molecule has 1 atom stereocenters. The summed E-state index contributed by atoms with van der Waals surface area (Å²) < 4.78 is 18.6. The fourth-order valence-electron chi connectivity index (χ4n) is 4.17. The second-order valence-corrected chi connectivity index (χ2v) is 8.11. The molecule has 34 heavy (non-hydrogen) atoms. The van der Waals surface area contributed by atoms with Gasteiger partial charge in [0.2, 0.25) is 0 Å². The number of hydrogen-bond donors (Lipinski definition) is 1. The van der Waals surface area contributed by atoms with E-state index in [9.17, 15) is 4.79 Å². The molecule has 10 nitrogen and oxygen atoms in total. The number of carbonyl (C=O) groups excluding carboxylic acids is 1. The fourth-order valence-corrected chi connectivity index (χ4v) is 4.17. The van der Waals surface area contributed by atoms with Gasteiger partial charge in [-0.1, -0.05) is 0 Å². The van der Waals surface area contributed by atoms with Crippen LogP contribution in [0.4, 0.5) is 0 Å². The molecule has 3 aromatic rings. The number of carbonyl (C=O) groups is 1. The summed E-state index contributed by atoms with van der Waals surface area (Å²) >= 11 is 0. The number of nitrogens with zero attached hydrogens (tertiary/aromatic N) is 5. The molecule has 2 aromatic heterocycles. The van der Waals surface area contributed by atoms with E-state index >= 15 is 0 Å². The minimum atomic E-state index is -0.286. The Balaban J connectivity index is 1.45. The van der Waals surface area contributed by atoms with Gasteiger partial charge in [-0.05, 0) is 25.1 Å². The molecule has 1 N–H and O–H groups in total. The van der Waals surface area contributed by atoms with Gasteiger partial charge in [0, 0.05) is 56.6 Å². The standard InChI is InChI=1S/C24H30N6O4/c1-16(26-24(31)17-6-5-8-25-14-17)23-28-27-22-7-9-29(10-11-30(22)23)15-18-12-20(33-3)21(34-4)13-19(18)32-2/h5-6,8,12-14,16H,7,9-11,15H2,1-4H3,(H,26,31)/t16-/m0/s1. The maximum absolute atomic E-state index is 12.6. The van der Waals surface area contributed by atoms with Crippen LogP contribution in [0.1, 0.15) is 40.5 Å². The lowest BCUT2D eigenvalue weighted by Crippen LogP contribution is -2.30. The topological polar surface area (TPSA) is 104 Å². The summed E-state index contributed by atoms with van der Waals surface area (Å²) in [6.45, 7) is 4.97. The summed E-state index contributed by atoms with van der Waals surface area (Å²) in [5, 5.41) is 11.8. The van der Waals surface area contributed by atoms with Crippen LogP contribution >= 0.6 is 0 Å². The van der Waals surface area contributed by atoms with E-state index in [1.807, 2.05) is 19.1 Å². The van der Waals surface area contributed by atoms with Gasteiger partial charge >= 0.3 is 0 Å². The Labute approximate surface area is 198 Å². The summed E-state index contributed by atoms with van der Waals surface area (Å²) in [5.41, 5.74) is 1.54. The van der Waals surface area contributed by atoms with Crippen LogP contribution in [0.15, 0.2) is 36.7 Å². The summed E-state index contributed by atoms with van der Waals surface area (Å²) in [6, 6.07) is 7.01. The molecular weight excluding hydrogens is 436 g/mol. The zero-order chi connectivity index (χ0) is 24.1. The Kier molecular flexibility index (Phi) is 7.27. The van der Waals surface area contributed by atoms with Crippen LogP contribution in [0, 0.1) is 0 Å². The molecule has 0 saturated heterocycles. The van der Waals surface area contributed by atoms with Gasteiger partial charge < -0.3 is 24.1 Å². The molecular formula is C24H30N6O4. The number of ether oxygens (including phenoxy) is 3. The number of nitrogens with one attached hydrogen (secondary N) is 1. The summed E-state index contributed by atoms with van der Waals surface area (Å²) in [4.78, 5) is 18.9. The van der Waals surface area contributed by atoms with Gasteiger partial charge in [0.1, 0.15) is 11.6 Å². The summed E-state index contributed by atoms with van der Waals surface area (Å²) in [7, 11) is 4.89. The second kappa shape index (κ2) is 10.5. The van der Waals surface area contributed by atoms with Gasteiger partial charge in [0.25, 0.3) is 5.91 Å². The van der Waals surface area contributed by atoms with E-state index in [0.29, 0.717) is 23.6 Å². The van der Waals surface area contributed by atoms with Crippen LogP contribution in [0.3, 0.4) is 0 Å². The van der Waals surface area contributed by atoms with E-state index < -0.39 is 0 Å². The predicted molar refractivity (Wildman–Crippen MR) is 125 cm³/mol. The SMILES string of the molecule is COc1cc(OC)c(OC)cc1CN1CCc2nnc([C@H](C)NC(=O)c3cccnc3)n2CC1. The van der Waals surface area contributed by atoms with Crippen molar-refractivity contribution >= 4 is 5.91 Å². The van der Waals surface area contributed by atoms with Crippen molar-refractivity contribution < 1.29 is 19.0 Å². The van der Waals surface area contributed by atoms with Crippen molar-refractivity contribution in [2.24, 2.45) is 0 Å². The first kappa shape index (κ1) is 23.5. The van der Waals surface area contributed by atoms with Crippen molar-refractivity contribution in [2.75, 3.05) is 34.4 Å². The van der Waals surface area contributed by atoms with Gasteiger partial charge in [-0.2, -0.15) is 0 Å². The number of methoxy groups -OCH3 is 3. The van der Waals surface area contributed by atoms with Crippen molar-refractivity contribution in [1.82, 2.24) is 30.0 Å². The molecule has 0 saturated carbocycles. The van der Waals surface area contributed by atoms with E-state index in [1.165, 1.54) is 0 Å². The highest BCUT2D eigenvalue weighted by Gasteiger charge is 2.24. The fraction of sp³-hybridized carbons (Fsp3) is 0.417. The molecule has 1 aliphatic rings. The molecule has 10 heteroatoms. The first-order valence-electron chi connectivity index (χ1n) is 11.2. The molecule has 0 aliphatic carbocycles. The molecule has 1 amide bonds. The predicted octanol–water partition coefficient (Wildman–Crippen LogP) is 2.25. The Morgan fingerprint density at radius 2 is 1.82 bits per heavy atom. The van der Waals surface area contributed by atoms with E-state index in [4.69, 9.17) is 14.2 Å². The van der Waals surface area contributed by atoms with Crippen LogP contribution < -0.4 is 19.5 Å². The minimum Gasteiger partial charge on any atom is -0.496 e. The molecule has 4 rings (SSSR count). The quantitative estimate of drug-likeness (QED) is 0.539. The third kappa shape index (κ3) is 4.96. The minimum absolute atomic E-state index is 0.186. The maximum Gasteiger partial charge on any atom is 0.253 e. The van der Waals surface area contributed by atoms with Crippen molar-refractivity contribution in [3.05, 3.63) is 59.4 Å². The number of aromatic nitrogens is 4. The van der Waals surface area contributed by atoms with Crippen molar-refractivity contribution in [3.63, 3.8) is 0 Å². The Morgan fingerprint density at radius 3 is 2.53 bits per heavy atom. The van der Waals surface area contributed by atoms with Crippen LogP contribution in [0.5, 0.6) is 17.2 Å². The molecule has 1 aliphatic heterocycles. The van der Waals surface area contributed by atoms with E-state index in [-0.39, 0.29) is 11.9 Å².